The maximum absolute atomic E-state index is 12.4. The summed E-state index contributed by atoms with van der Waals surface area (Å²) in [6.07, 6.45) is 0. The Morgan fingerprint density at radius 1 is 1.11 bits per heavy atom. The van der Waals surface area contributed by atoms with E-state index in [0.717, 1.165) is 23.2 Å². The number of hydrogen-bond donors (Lipinski definition) is 1. The molecule has 3 rings (SSSR count). The third kappa shape index (κ3) is 1.85. The monoisotopic (exact) mass is 236 g/mol. The molecule has 0 aliphatic carbocycles. The zero-order chi connectivity index (χ0) is 12.5. The third-order valence-corrected chi connectivity index (χ3v) is 3.36. The Hall–Kier alpha value is -1.93. The van der Waals surface area contributed by atoms with Crippen LogP contribution in [0.2, 0.25) is 0 Å². The number of carbonyl (C=O) groups is 1. The van der Waals surface area contributed by atoms with Crippen LogP contribution >= 0.6 is 0 Å². The first kappa shape index (κ1) is 11.2. The van der Waals surface area contributed by atoms with Crippen LogP contribution in [0.15, 0.2) is 48.5 Å². The number of nitrogens with one attached hydrogen (secondary N) is 1. The minimum Gasteiger partial charge on any atom is -0.299 e. The van der Waals surface area contributed by atoms with Gasteiger partial charge in [-0.2, -0.15) is 0 Å². The molecule has 0 saturated heterocycles. The average Bonchev–Trinajstić information content (AvgIpc) is 2.82. The van der Waals surface area contributed by atoms with Gasteiger partial charge in [0.2, 0.25) is 0 Å². The molecule has 0 amide bonds. The van der Waals surface area contributed by atoms with E-state index < -0.39 is 0 Å². The molecule has 18 heavy (non-hydrogen) atoms. The molecule has 1 radical (unpaired) electrons. The van der Waals surface area contributed by atoms with Crippen LogP contribution in [-0.4, -0.2) is 5.78 Å². The van der Waals surface area contributed by atoms with Gasteiger partial charge in [-0.15, -0.1) is 0 Å². The van der Waals surface area contributed by atoms with Crippen molar-refractivity contribution in [2.45, 2.75) is 12.6 Å². The second kappa shape index (κ2) is 4.39. The predicted octanol–water partition coefficient (Wildman–Crippen LogP) is 2.90. The smallest absolute Gasteiger partial charge is 0.184 e. The molecule has 1 heterocycles. The summed E-state index contributed by atoms with van der Waals surface area (Å²) in [4.78, 5) is 12.4. The topological polar surface area (TPSA) is 29.1 Å². The Bertz CT molecular complexity index is 586. The van der Waals surface area contributed by atoms with Gasteiger partial charge in [-0.3, -0.25) is 10.1 Å². The molecule has 1 aliphatic rings. The zero-order valence-electron chi connectivity index (χ0n) is 10.0. The van der Waals surface area contributed by atoms with Gasteiger partial charge in [-0.25, -0.2) is 0 Å². The third-order valence-electron chi connectivity index (χ3n) is 3.36. The summed E-state index contributed by atoms with van der Waals surface area (Å²) in [5.41, 5.74) is 3.97. The highest BCUT2D eigenvalue weighted by Gasteiger charge is 2.28. The fourth-order valence-electron chi connectivity index (χ4n) is 2.37. The molecule has 0 aromatic heterocycles. The molecule has 0 fully saturated rings. The van der Waals surface area contributed by atoms with Crippen molar-refractivity contribution in [1.82, 2.24) is 5.32 Å². The first-order chi connectivity index (χ1) is 8.75. The zero-order valence-corrected chi connectivity index (χ0v) is 10.0. The lowest BCUT2D eigenvalue weighted by molar-refractivity contribution is 0.0948. The second-order valence-corrected chi connectivity index (χ2v) is 4.57. The summed E-state index contributed by atoms with van der Waals surface area (Å²) in [7, 11) is 0. The highest BCUT2D eigenvalue weighted by atomic mass is 16.1. The molecule has 2 aromatic carbocycles. The molecule has 89 valence electrons. The van der Waals surface area contributed by atoms with E-state index in [2.05, 4.69) is 18.3 Å². The molecule has 1 N–H and O–H groups in total. The average molecular weight is 236 g/mol. The summed E-state index contributed by atoms with van der Waals surface area (Å²) in [6.45, 7) is 4.59. The Morgan fingerprint density at radius 2 is 1.83 bits per heavy atom. The van der Waals surface area contributed by atoms with Crippen molar-refractivity contribution in [2.75, 3.05) is 0 Å². The Balaban J connectivity index is 1.93. The quantitative estimate of drug-likeness (QED) is 0.812. The number of ketones is 1. The number of fused-ring (bicyclic) bond motifs is 1. The predicted molar refractivity (Wildman–Crippen MR) is 71.3 cm³/mol. The molecule has 0 saturated carbocycles. The standard InChI is InChI=1S/C16H14NO/c1-11-6-8-12(9-7-11)16(18)15-14-5-3-2-4-13(14)10-17-15/h2-9,15,17H,1,10H2. The van der Waals surface area contributed by atoms with Gasteiger partial charge in [-0.1, -0.05) is 48.5 Å². The van der Waals surface area contributed by atoms with E-state index in [1.54, 1.807) is 0 Å². The van der Waals surface area contributed by atoms with Crippen molar-refractivity contribution in [3.63, 3.8) is 0 Å². The van der Waals surface area contributed by atoms with Crippen LogP contribution in [0.3, 0.4) is 0 Å². The largest absolute Gasteiger partial charge is 0.299 e. The molecule has 2 aromatic rings. The number of Topliss-reactive ketones (excluding diaryl/α,β-unsaturated/α-hetero) is 1. The minimum atomic E-state index is -0.211. The van der Waals surface area contributed by atoms with Crippen molar-refractivity contribution >= 4 is 5.78 Å². The summed E-state index contributed by atoms with van der Waals surface area (Å²) >= 11 is 0. The Morgan fingerprint density at radius 3 is 2.61 bits per heavy atom. The molecule has 2 nitrogen and oxygen atoms in total. The summed E-state index contributed by atoms with van der Waals surface area (Å²) in [6, 6.07) is 15.3. The first-order valence-electron chi connectivity index (χ1n) is 6.03. The molecule has 0 spiro atoms. The van der Waals surface area contributed by atoms with Crippen LogP contribution < -0.4 is 5.32 Å². The Labute approximate surface area is 107 Å². The van der Waals surface area contributed by atoms with Crippen LogP contribution in [0.1, 0.15) is 33.1 Å². The van der Waals surface area contributed by atoms with Crippen molar-refractivity contribution in [3.05, 3.63) is 77.7 Å². The fraction of sp³-hybridized carbons (Fsp3) is 0.125. The lowest BCUT2D eigenvalue weighted by atomic mass is 9.97. The van der Waals surface area contributed by atoms with Crippen molar-refractivity contribution < 1.29 is 4.79 Å². The van der Waals surface area contributed by atoms with E-state index in [-0.39, 0.29) is 11.8 Å². The SMILES string of the molecule is [CH2]c1ccc(C(=O)C2NCc3ccccc32)cc1. The van der Waals surface area contributed by atoms with E-state index in [0.29, 0.717) is 0 Å². The number of rotatable bonds is 2. The molecule has 1 unspecified atom stereocenters. The van der Waals surface area contributed by atoms with Crippen molar-refractivity contribution in [1.29, 1.82) is 0 Å². The van der Waals surface area contributed by atoms with Gasteiger partial charge in [0.05, 0.1) is 6.04 Å². The summed E-state index contributed by atoms with van der Waals surface area (Å²) in [5, 5.41) is 3.27. The molecule has 1 aliphatic heterocycles. The van der Waals surface area contributed by atoms with Crippen LogP contribution in [0.25, 0.3) is 0 Å². The number of hydrogen-bond acceptors (Lipinski definition) is 2. The highest BCUT2D eigenvalue weighted by Crippen LogP contribution is 2.27. The van der Waals surface area contributed by atoms with Gasteiger partial charge < -0.3 is 0 Å². The van der Waals surface area contributed by atoms with Gasteiger partial charge in [0.25, 0.3) is 0 Å². The maximum atomic E-state index is 12.4. The molecule has 2 heteroatoms. The first-order valence-corrected chi connectivity index (χ1v) is 6.03. The van der Waals surface area contributed by atoms with Crippen LogP contribution in [0, 0.1) is 6.92 Å². The molecule has 0 bridgehead atoms. The lowest BCUT2D eigenvalue weighted by Crippen LogP contribution is -2.22. The van der Waals surface area contributed by atoms with Gasteiger partial charge in [0, 0.05) is 12.1 Å². The van der Waals surface area contributed by atoms with Crippen molar-refractivity contribution in [3.8, 4) is 0 Å². The molecular weight excluding hydrogens is 222 g/mol. The minimum absolute atomic E-state index is 0.125. The second-order valence-electron chi connectivity index (χ2n) is 4.57. The van der Waals surface area contributed by atoms with E-state index in [1.165, 1.54) is 5.56 Å². The normalized spacial score (nSPS) is 17.5. The van der Waals surface area contributed by atoms with Gasteiger partial charge in [0.1, 0.15) is 0 Å². The van der Waals surface area contributed by atoms with Crippen LogP contribution in [0.5, 0.6) is 0 Å². The van der Waals surface area contributed by atoms with E-state index in [1.807, 2.05) is 42.5 Å². The molecule has 1 atom stereocenters. The highest BCUT2D eigenvalue weighted by molar-refractivity contribution is 6.01. The number of benzene rings is 2. The lowest BCUT2D eigenvalue weighted by Gasteiger charge is -2.11. The van der Waals surface area contributed by atoms with Crippen LogP contribution in [-0.2, 0) is 6.54 Å². The maximum Gasteiger partial charge on any atom is 0.184 e. The van der Waals surface area contributed by atoms with E-state index in [9.17, 15) is 4.79 Å². The van der Waals surface area contributed by atoms with E-state index in [4.69, 9.17) is 0 Å². The van der Waals surface area contributed by atoms with Gasteiger partial charge in [0.15, 0.2) is 5.78 Å². The number of carbonyl (C=O) groups excluding carboxylic acids is 1. The summed E-state index contributed by atoms with van der Waals surface area (Å²) in [5.74, 6) is 0.125. The van der Waals surface area contributed by atoms with Gasteiger partial charge in [-0.05, 0) is 23.6 Å². The fourth-order valence-corrected chi connectivity index (χ4v) is 2.37. The van der Waals surface area contributed by atoms with Crippen molar-refractivity contribution in [2.24, 2.45) is 0 Å². The Kier molecular flexibility index (Phi) is 2.73. The van der Waals surface area contributed by atoms with Crippen LogP contribution in [0.4, 0.5) is 0 Å². The molecular formula is C16H14NO. The van der Waals surface area contributed by atoms with Gasteiger partial charge >= 0.3 is 0 Å². The van der Waals surface area contributed by atoms with E-state index >= 15 is 0 Å². The summed E-state index contributed by atoms with van der Waals surface area (Å²) < 4.78 is 0.